The van der Waals surface area contributed by atoms with Crippen molar-refractivity contribution < 1.29 is 38.6 Å². The SMILES string of the molecule is CCC(C)C(C(CC(=O)N1CCCC1C(OC)C(C)C(=O)NC(C(=O)O)C1(c2ccccc2)CC1)OC)N(C)C(=O)C(NC(=O)C(C)(C)N)C(C)C. The Hall–Kier alpha value is -3.55. The lowest BCUT2D eigenvalue weighted by molar-refractivity contribution is -0.148. The third-order valence-corrected chi connectivity index (χ3v) is 11.3. The first-order valence-electron chi connectivity index (χ1n) is 18.7. The average Bonchev–Trinajstić information content (AvgIpc) is 3.76. The molecule has 5 N–H and O–H groups in total. The normalized spacial score (nSPS) is 20.9. The molecule has 0 spiro atoms. The minimum absolute atomic E-state index is 0.0220. The maximum Gasteiger partial charge on any atom is 0.327 e. The zero-order valence-corrected chi connectivity index (χ0v) is 32.8. The molecule has 0 bridgehead atoms. The van der Waals surface area contributed by atoms with E-state index in [9.17, 15) is 29.1 Å². The number of carbonyl (C=O) groups is 5. The zero-order valence-electron chi connectivity index (χ0n) is 32.8. The van der Waals surface area contributed by atoms with Gasteiger partial charge < -0.3 is 40.7 Å². The van der Waals surface area contributed by atoms with Gasteiger partial charge in [-0.25, -0.2) is 4.79 Å². The molecule has 2 aliphatic rings. The van der Waals surface area contributed by atoms with E-state index in [2.05, 4.69) is 10.6 Å². The Morgan fingerprint density at radius 1 is 1.04 bits per heavy atom. The Kier molecular flexibility index (Phi) is 14.8. The van der Waals surface area contributed by atoms with Gasteiger partial charge in [-0.05, 0) is 56.9 Å². The number of likely N-dealkylation sites (N-methyl/N-ethyl adjacent to an activating group) is 1. The summed E-state index contributed by atoms with van der Waals surface area (Å²) < 4.78 is 11.9. The summed E-state index contributed by atoms with van der Waals surface area (Å²) in [6.45, 7) is 13.0. The summed E-state index contributed by atoms with van der Waals surface area (Å²) in [5.41, 5.74) is 5.05. The molecule has 1 aliphatic heterocycles. The molecule has 1 saturated carbocycles. The summed E-state index contributed by atoms with van der Waals surface area (Å²) in [6.07, 6.45) is 1.94. The van der Waals surface area contributed by atoms with Crippen LogP contribution in [0.25, 0.3) is 0 Å². The van der Waals surface area contributed by atoms with Crippen molar-refractivity contribution in [2.75, 3.05) is 27.8 Å². The van der Waals surface area contributed by atoms with Crippen LogP contribution in [-0.4, -0.2) is 114 Å². The van der Waals surface area contributed by atoms with Gasteiger partial charge in [0.1, 0.15) is 12.1 Å². The molecular formula is C39H63N5O8. The highest BCUT2D eigenvalue weighted by Crippen LogP contribution is 2.51. The molecule has 13 nitrogen and oxygen atoms in total. The molecule has 1 heterocycles. The lowest BCUT2D eigenvalue weighted by Crippen LogP contribution is -2.60. The molecular weight excluding hydrogens is 666 g/mol. The lowest BCUT2D eigenvalue weighted by Gasteiger charge is -2.41. The number of benzene rings is 1. The Labute approximate surface area is 309 Å². The number of nitrogens with zero attached hydrogens (tertiary/aromatic N) is 2. The van der Waals surface area contributed by atoms with E-state index in [1.165, 1.54) is 14.2 Å². The summed E-state index contributed by atoms with van der Waals surface area (Å²) in [7, 11) is 4.71. The predicted molar refractivity (Wildman–Crippen MR) is 198 cm³/mol. The van der Waals surface area contributed by atoms with E-state index in [4.69, 9.17) is 15.2 Å². The fourth-order valence-corrected chi connectivity index (χ4v) is 7.73. The first kappa shape index (κ1) is 42.9. The van der Waals surface area contributed by atoms with Gasteiger partial charge in [-0.15, -0.1) is 0 Å². The molecule has 13 heteroatoms. The van der Waals surface area contributed by atoms with Crippen molar-refractivity contribution in [3.8, 4) is 0 Å². The van der Waals surface area contributed by atoms with E-state index in [-0.39, 0.29) is 30.1 Å². The fourth-order valence-electron chi connectivity index (χ4n) is 7.73. The standard InChI is InChI=1S/C39H63N5O8/c1-11-24(4)31(43(8)35(47)30(23(2)3)41-37(50)38(6,7)40)28(51-9)22-29(45)44-21-15-18-27(44)32(52-10)25(5)34(46)42-33(36(48)49)39(19-20-39)26-16-13-12-14-17-26/h12-14,16-17,23-25,27-28,30-33H,11,15,18-22,40H2,1-10H3,(H,41,50)(H,42,46)(H,48,49). The molecule has 292 valence electrons. The molecule has 2 fully saturated rings. The number of ether oxygens (including phenoxy) is 2. The third-order valence-electron chi connectivity index (χ3n) is 11.3. The smallest absolute Gasteiger partial charge is 0.327 e. The maximum atomic E-state index is 14.1. The van der Waals surface area contributed by atoms with Crippen LogP contribution in [0, 0.1) is 17.8 Å². The molecule has 1 aliphatic carbocycles. The number of nitrogens with two attached hydrogens (primary N) is 1. The average molecular weight is 730 g/mol. The molecule has 0 radical (unpaired) electrons. The number of nitrogens with one attached hydrogen (secondary N) is 2. The molecule has 1 aromatic rings. The molecule has 3 rings (SSSR count). The van der Waals surface area contributed by atoms with E-state index >= 15 is 0 Å². The van der Waals surface area contributed by atoms with Crippen LogP contribution in [0.2, 0.25) is 0 Å². The van der Waals surface area contributed by atoms with Crippen molar-refractivity contribution in [1.82, 2.24) is 20.4 Å². The van der Waals surface area contributed by atoms with Crippen LogP contribution in [0.15, 0.2) is 30.3 Å². The van der Waals surface area contributed by atoms with Gasteiger partial charge in [-0.2, -0.15) is 0 Å². The highest BCUT2D eigenvalue weighted by molar-refractivity contribution is 5.92. The first-order chi connectivity index (χ1) is 24.4. The van der Waals surface area contributed by atoms with E-state index in [0.717, 1.165) is 5.56 Å². The van der Waals surface area contributed by atoms with Crippen molar-refractivity contribution in [3.63, 3.8) is 0 Å². The number of rotatable bonds is 19. The van der Waals surface area contributed by atoms with Crippen LogP contribution in [0.4, 0.5) is 0 Å². The highest BCUT2D eigenvalue weighted by atomic mass is 16.5. The molecule has 8 atom stereocenters. The van der Waals surface area contributed by atoms with Crippen LogP contribution < -0.4 is 16.4 Å². The predicted octanol–water partition coefficient (Wildman–Crippen LogP) is 3.09. The number of amides is 4. The summed E-state index contributed by atoms with van der Waals surface area (Å²) in [5, 5.41) is 15.9. The second-order valence-corrected chi connectivity index (χ2v) is 15.8. The number of aliphatic carboxylic acids is 1. The number of carbonyl (C=O) groups excluding carboxylic acids is 4. The molecule has 8 unspecified atom stereocenters. The minimum Gasteiger partial charge on any atom is -0.480 e. The van der Waals surface area contributed by atoms with Gasteiger partial charge in [-0.1, -0.05) is 71.4 Å². The number of carboxylic acids is 1. The second-order valence-electron chi connectivity index (χ2n) is 15.8. The van der Waals surface area contributed by atoms with E-state index in [0.29, 0.717) is 38.6 Å². The number of likely N-dealkylation sites (tertiary alicyclic amines) is 1. The second kappa shape index (κ2) is 18.0. The summed E-state index contributed by atoms with van der Waals surface area (Å²) >= 11 is 0. The van der Waals surface area contributed by atoms with Gasteiger partial charge in [0.25, 0.3) is 0 Å². The Balaban J connectivity index is 1.79. The summed E-state index contributed by atoms with van der Waals surface area (Å²) in [6, 6.07) is 6.55. The quantitative estimate of drug-likeness (QED) is 0.167. The van der Waals surface area contributed by atoms with Crippen molar-refractivity contribution in [3.05, 3.63) is 35.9 Å². The van der Waals surface area contributed by atoms with Crippen LogP contribution in [0.5, 0.6) is 0 Å². The van der Waals surface area contributed by atoms with Crippen LogP contribution in [0.3, 0.4) is 0 Å². The summed E-state index contributed by atoms with van der Waals surface area (Å²) in [4.78, 5) is 70.5. The minimum atomic E-state index is -1.17. The van der Waals surface area contributed by atoms with Crippen molar-refractivity contribution >= 4 is 29.6 Å². The molecule has 4 amide bonds. The number of carboxylic acid groups (broad SMARTS) is 1. The van der Waals surface area contributed by atoms with Gasteiger partial charge in [0.15, 0.2) is 0 Å². The third kappa shape index (κ3) is 9.70. The molecule has 0 aromatic heterocycles. The highest BCUT2D eigenvalue weighted by Gasteiger charge is 2.55. The molecule has 1 saturated heterocycles. The largest absolute Gasteiger partial charge is 0.480 e. The summed E-state index contributed by atoms with van der Waals surface area (Å²) in [5.74, 6) is -3.51. The first-order valence-corrected chi connectivity index (χ1v) is 18.7. The monoisotopic (exact) mass is 729 g/mol. The molecule has 1 aromatic carbocycles. The molecule has 52 heavy (non-hydrogen) atoms. The van der Waals surface area contributed by atoms with Gasteiger partial charge in [0.05, 0.1) is 42.2 Å². The topological polar surface area (TPSA) is 181 Å². The number of hydrogen-bond donors (Lipinski definition) is 4. The van der Waals surface area contributed by atoms with E-state index < -0.39 is 71.0 Å². The van der Waals surface area contributed by atoms with Crippen LogP contribution in [0.1, 0.15) is 92.6 Å². The lowest BCUT2D eigenvalue weighted by atomic mass is 9.87. The zero-order chi connectivity index (χ0) is 39.1. The van der Waals surface area contributed by atoms with Crippen molar-refractivity contribution in [2.24, 2.45) is 23.5 Å². The Morgan fingerprint density at radius 2 is 1.65 bits per heavy atom. The van der Waals surface area contributed by atoms with E-state index in [1.54, 1.807) is 37.6 Å². The maximum absolute atomic E-state index is 14.1. The van der Waals surface area contributed by atoms with E-state index in [1.807, 2.05) is 58.0 Å². The van der Waals surface area contributed by atoms with Gasteiger partial charge in [-0.3, -0.25) is 19.2 Å². The fraction of sp³-hybridized carbons (Fsp3) is 0.718. The Morgan fingerprint density at radius 3 is 2.13 bits per heavy atom. The van der Waals surface area contributed by atoms with Gasteiger partial charge >= 0.3 is 5.97 Å². The Bertz CT molecular complexity index is 1390. The van der Waals surface area contributed by atoms with Crippen LogP contribution in [-0.2, 0) is 38.9 Å². The van der Waals surface area contributed by atoms with Gasteiger partial charge in [0.2, 0.25) is 23.6 Å². The number of methoxy groups -OCH3 is 2. The van der Waals surface area contributed by atoms with Crippen molar-refractivity contribution in [1.29, 1.82) is 0 Å². The van der Waals surface area contributed by atoms with Gasteiger partial charge in [0, 0.05) is 33.2 Å². The van der Waals surface area contributed by atoms with Crippen molar-refractivity contribution in [2.45, 2.75) is 134 Å². The number of hydrogen-bond acceptors (Lipinski definition) is 8. The van der Waals surface area contributed by atoms with Crippen LogP contribution >= 0.6 is 0 Å².